The summed E-state index contributed by atoms with van der Waals surface area (Å²) in [6.07, 6.45) is -0.320. The fourth-order valence-electron chi connectivity index (χ4n) is 2.34. The van der Waals surface area contributed by atoms with Gasteiger partial charge in [0.1, 0.15) is 19.5 Å². The number of anilines is 1. The summed E-state index contributed by atoms with van der Waals surface area (Å²) in [4.78, 5) is 34.9. The van der Waals surface area contributed by atoms with Crippen molar-refractivity contribution in [3.8, 4) is 11.5 Å². The molecule has 7 nitrogen and oxygen atoms in total. The third-order valence-electron chi connectivity index (χ3n) is 3.75. The molecule has 1 N–H and O–H groups in total. The monoisotopic (exact) mass is 355 g/mol. The molecule has 0 aliphatic carbocycles. The van der Waals surface area contributed by atoms with Crippen molar-refractivity contribution in [1.29, 1.82) is 0 Å². The molecule has 0 fully saturated rings. The number of carbonyl (C=O) groups excluding carboxylic acids is 3. The predicted molar refractivity (Wildman–Crippen MR) is 92.8 cm³/mol. The lowest BCUT2D eigenvalue weighted by molar-refractivity contribution is -0.123. The molecule has 7 heteroatoms. The van der Waals surface area contributed by atoms with E-state index < -0.39 is 18.0 Å². The topological polar surface area (TPSA) is 90.9 Å². The van der Waals surface area contributed by atoms with Crippen LogP contribution in [0.4, 0.5) is 5.69 Å². The van der Waals surface area contributed by atoms with Crippen LogP contribution in [0.1, 0.15) is 27.6 Å². The quantitative estimate of drug-likeness (QED) is 0.654. The zero-order valence-corrected chi connectivity index (χ0v) is 14.1. The Morgan fingerprint density at radius 3 is 2.46 bits per heavy atom. The molecule has 3 rings (SSSR count). The van der Waals surface area contributed by atoms with E-state index in [9.17, 15) is 14.4 Å². The zero-order chi connectivity index (χ0) is 18.5. The van der Waals surface area contributed by atoms with Gasteiger partial charge < -0.3 is 19.5 Å². The number of ether oxygens (including phenoxy) is 3. The number of benzene rings is 2. The van der Waals surface area contributed by atoms with Gasteiger partial charge in [-0.05, 0) is 31.2 Å². The summed E-state index contributed by atoms with van der Waals surface area (Å²) < 4.78 is 16.0. The molecule has 2 aromatic rings. The third kappa shape index (κ3) is 4.00. The molecule has 0 saturated carbocycles. The van der Waals surface area contributed by atoms with Gasteiger partial charge in [-0.15, -0.1) is 0 Å². The smallest absolute Gasteiger partial charge is 0.338 e. The van der Waals surface area contributed by atoms with Crippen molar-refractivity contribution in [2.45, 2.75) is 13.0 Å². The first kappa shape index (κ1) is 17.5. The molecule has 1 aliphatic rings. The highest BCUT2D eigenvalue weighted by Crippen LogP contribution is 2.32. The fourth-order valence-corrected chi connectivity index (χ4v) is 2.34. The SMILES string of the molecule is C[C@H](OC(=O)c1ccc(C=O)cc1)C(=O)Nc1ccc2c(c1)OCCO2. The van der Waals surface area contributed by atoms with Crippen LogP contribution >= 0.6 is 0 Å². The number of carbonyl (C=O) groups is 3. The molecule has 0 unspecified atom stereocenters. The Balaban J connectivity index is 1.60. The molecule has 0 spiro atoms. The average molecular weight is 355 g/mol. The van der Waals surface area contributed by atoms with Gasteiger partial charge in [-0.1, -0.05) is 12.1 Å². The maximum absolute atomic E-state index is 12.2. The Labute approximate surface area is 149 Å². The molecule has 1 heterocycles. The minimum atomic E-state index is -0.999. The molecule has 2 aromatic carbocycles. The van der Waals surface area contributed by atoms with Gasteiger partial charge in [0.05, 0.1) is 5.56 Å². The lowest BCUT2D eigenvalue weighted by Crippen LogP contribution is -2.30. The minimum absolute atomic E-state index is 0.259. The Bertz CT molecular complexity index is 830. The number of aldehydes is 1. The highest BCUT2D eigenvalue weighted by molar-refractivity contribution is 5.97. The van der Waals surface area contributed by atoms with Crippen molar-refractivity contribution in [3.63, 3.8) is 0 Å². The molecule has 1 amide bonds. The predicted octanol–water partition coefficient (Wildman–Crippen LogP) is 2.45. The number of rotatable bonds is 5. The van der Waals surface area contributed by atoms with Crippen LogP contribution in [0.15, 0.2) is 42.5 Å². The van der Waals surface area contributed by atoms with Crippen molar-refractivity contribution in [1.82, 2.24) is 0 Å². The van der Waals surface area contributed by atoms with E-state index in [1.807, 2.05) is 0 Å². The Hall–Kier alpha value is -3.35. The van der Waals surface area contributed by atoms with Crippen LogP contribution < -0.4 is 14.8 Å². The number of nitrogens with one attached hydrogen (secondary N) is 1. The summed E-state index contributed by atoms with van der Waals surface area (Å²) in [5, 5.41) is 2.67. The van der Waals surface area contributed by atoms with Gasteiger partial charge in [-0.25, -0.2) is 4.79 Å². The van der Waals surface area contributed by atoms with E-state index in [0.717, 1.165) is 0 Å². The van der Waals surface area contributed by atoms with Crippen LogP contribution in [0, 0.1) is 0 Å². The molecular weight excluding hydrogens is 338 g/mol. The molecule has 134 valence electrons. The van der Waals surface area contributed by atoms with E-state index in [-0.39, 0.29) is 5.56 Å². The Morgan fingerprint density at radius 2 is 1.77 bits per heavy atom. The van der Waals surface area contributed by atoms with E-state index in [1.165, 1.54) is 31.2 Å². The van der Waals surface area contributed by atoms with Gasteiger partial charge in [0.15, 0.2) is 17.6 Å². The van der Waals surface area contributed by atoms with Crippen molar-refractivity contribution < 1.29 is 28.6 Å². The molecule has 0 saturated heterocycles. The Morgan fingerprint density at radius 1 is 1.08 bits per heavy atom. The van der Waals surface area contributed by atoms with Gasteiger partial charge >= 0.3 is 5.97 Å². The summed E-state index contributed by atoms with van der Waals surface area (Å²) in [6.45, 7) is 2.41. The van der Waals surface area contributed by atoms with Gasteiger partial charge in [0.25, 0.3) is 5.91 Å². The third-order valence-corrected chi connectivity index (χ3v) is 3.75. The highest BCUT2D eigenvalue weighted by atomic mass is 16.6. The fraction of sp³-hybridized carbons (Fsp3) is 0.211. The van der Waals surface area contributed by atoms with Crippen LogP contribution in [-0.2, 0) is 9.53 Å². The van der Waals surface area contributed by atoms with Crippen LogP contribution in [-0.4, -0.2) is 37.5 Å². The second-order valence-corrected chi connectivity index (χ2v) is 5.64. The molecule has 26 heavy (non-hydrogen) atoms. The number of hydrogen-bond donors (Lipinski definition) is 1. The molecule has 0 radical (unpaired) electrons. The van der Waals surface area contributed by atoms with Crippen molar-refractivity contribution in [3.05, 3.63) is 53.6 Å². The summed E-state index contributed by atoms with van der Waals surface area (Å²) in [5.74, 6) is 0.0493. The second-order valence-electron chi connectivity index (χ2n) is 5.64. The van der Waals surface area contributed by atoms with Gasteiger partial charge in [0.2, 0.25) is 0 Å². The molecular formula is C19H17NO6. The van der Waals surface area contributed by atoms with Crippen molar-refractivity contribution >= 4 is 23.9 Å². The first-order chi connectivity index (χ1) is 12.6. The van der Waals surface area contributed by atoms with Crippen LogP contribution in [0.25, 0.3) is 0 Å². The van der Waals surface area contributed by atoms with Crippen molar-refractivity contribution in [2.75, 3.05) is 18.5 Å². The van der Waals surface area contributed by atoms with E-state index in [4.69, 9.17) is 14.2 Å². The lowest BCUT2D eigenvalue weighted by atomic mass is 10.1. The van der Waals surface area contributed by atoms with Crippen LogP contribution in [0.2, 0.25) is 0 Å². The molecule has 0 aromatic heterocycles. The summed E-state index contributed by atoms with van der Waals surface area (Å²) in [5.41, 5.74) is 1.22. The van der Waals surface area contributed by atoms with Gasteiger partial charge in [-0.3, -0.25) is 9.59 Å². The number of esters is 1. The first-order valence-electron chi connectivity index (χ1n) is 8.03. The number of hydrogen-bond acceptors (Lipinski definition) is 6. The normalized spacial score (nSPS) is 13.4. The average Bonchev–Trinajstić information content (AvgIpc) is 2.67. The maximum atomic E-state index is 12.2. The summed E-state index contributed by atoms with van der Waals surface area (Å²) >= 11 is 0. The van der Waals surface area contributed by atoms with E-state index in [2.05, 4.69) is 5.32 Å². The molecule has 1 aliphatic heterocycles. The van der Waals surface area contributed by atoms with E-state index in [1.54, 1.807) is 18.2 Å². The van der Waals surface area contributed by atoms with E-state index in [0.29, 0.717) is 42.2 Å². The summed E-state index contributed by atoms with van der Waals surface area (Å²) in [6, 6.07) is 11.0. The maximum Gasteiger partial charge on any atom is 0.338 e. The van der Waals surface area contributed by atoms with E-state index >= 15 is 0 Å². The first-order valence-corrected chi connectivity index (χ1v) is 8.03. The lowest BCUT2D eigenvalue weighted by Gasteiger charge is -2.19. The Kier molecular flexibility index (Phi) is 5.17. The standard InChI is InChI=1S/C19H17NO6/c1-12(26-19(23)14-4-2-13(11-21)3-5-14)18(22)20-15-6-7-16-17(10-15)25-9-8-24-16/h2-7,10-12H,8-9H2,1H3,(H,20,22)/t12-/m0/s1. The number of amides is 1. The second kappa shape index (κ2) is 7.69. The largest absolute Gasteiger partial charge is 0.486 e. The highest BCUT2D eigenvalue weighted by Gasteiger charge is 2.20. The van der Waals surface area contributed by atoms with Crippen LogP contribution in [0.3, 0.4) is 0 Å². The van der Waals surface area contributed by atoms with Crippen LogP contribution in [0.5, 0.6) is 11.5 Å². The molecule has 0 bridgehead atoms. The van der Waals surface area contributed by atoms with Crippen molar-refractivity contribution in [2.24, 2.45) is 0 Å². The number of fused-ring (bicyclic) bond motifs is 1. The molecule has 1 atom stereocenters. The zero-order valence-electron chi connectivity index (χ0n) is 14.1. The van der Waals surface area contributed by atoms with Gasteiger partial charge in [-0.2, -0.15) is 0 Å². The summed E-state index contributed by atoms with van der Waals surface area (Å²) in [7, 11) is 0. The van der Waals surface area contributed by atoms with Gasteiger partial charge in [0, 0.05) is 17.3 Å². The minimum Gasteiger partial charge on any atom is -0.486 e.